The van der Waals surface area contributed by atoms with Crippen LogP contribution in [0, 0.1) is 0 Å². The van der Waals surface area contributed by atoms with Gasteiger partial charge in [0, 0.05) is 12.1 Å². The van der Waals surface area contributed by atoms with Crippen molar-refractivity contribution < 1.29 is 0 Å². The van der Waals surface area contributed by atoms with Gasteiger partial charge in [0.05, 0.1) is 24.7 Å². The summed E-state index contributed by atoms with van der Waals surface area (Å²) in [5, 5.41) is 6.84. The maximum atomic E-state index is 4.60. The zero-order valence-corrected chi connectivity index (χ0v) is 11.0. The van der Waals surface area contributed by atoms with Crippen LogP contribution in [0.5, 0.6) is 0 Å². The first-order chi connectivity index (χ1) is 6.54. The number of allylic oxidation sites excluding steroid dienone is 1. The maximum absolute atomic E-state index is 4.60. The first-order valence-electron chi connectivity index (χ1n) is 4.87. The number of rotatable bonds is 1. The van der Waals surface area contributed by atoms with Crippen molar-refractivity contribution in [3.8, 4) is 0 Å². The van der Waals surface area contributed by atoms with Gasteiger partial charge in [0.25, 0.3) is 0 Å². The quantitative estimate of drug-likeness (QED) is 0.577. The summed E-state index contributed by atoms with van der Waals surface area (Å²) < 4.78 is 5.95. The van der Waals surface area contributed by atoms with Gasteiger partial charge in [0.15, 0.2) is 0 Å². The molecular formula is C10H16IN3. The van der Waals surface area contributed by atoms with E-state index in [9.17, 15) is 0 Å². The van der Waals surface area contributed by atoms with Crippen LogP contribution in [-0.4, -0.2) is 12.1 Å². The fraction of sp³-hybridized carbons (Fsp3) is 0.600. The van der Waals surface area contributed by atoms with Gasteiger partial charge < -0.3 is 10.6 Å². The monoisotopic (exact) mass is 305 g/mol. The number of nitrogens with zero attached hydrogens (tertiary/aromatic N) is 1. The first kappa shape index (κ1) is 10.1. The lowest BCUT2D eigenvalue weighted by atomic mass is 10.1. The third-order valence-electron chi connectivity index (χ3n) is 2.00. The fourth-order valence-electron chi connectivity index (χ4n) is 1.45. The van der Waals surface area contributed by atoms with E-state index in [0.29, 0.717) is 0 Å². The number of hydrogen-bond donors (Lipinski definition) is 2. The van der Waals surface area contributed by atoms with Crippen LogP contribution in [0.25, 0.3) is 0 Å². The van der Waals surface area contributed by atoms with Crippen molar-refractivity contribution in [2.45, 2.75) is 32.7 Å². The highest BCUT2D eigenvalue weighted by molar-refractivity contribution is 14.2. The Balaban J connectivity index is 2.14. The van der Waals surface area contributed by atoms with E-state index in [4.69, 9.17) is 0 Å². The largest absolute Gasteiger partial charge is 0.375 e. The van der Waals surface area contributed by atoms with Crippen molar-refractivity contribution in [3.63, 3.8) is 0 Å². The lowest BCUT2D eigenvalue weighted by molar-refractivity contribution is 0.489. The van der Waals surface area contributed by atoms with Gasteiger partial charge in [-0.1, -0.05) is 0 Å². The Bertz CT molecular complexity index is 334. The van der Waals surface area contributed by atoms with Crippen LogP contribution < -0.4 is 10.6 Å². The van der Waals surface area contributed by atoms with Crippen molar-refractivity contribution in [2.24, 2.45) is 3.15 Å². The average molecular weight is 305 g/mol. The molecule has 2 N–H and O–H groups in total. The minimum atomic E-state index is -0.196. The third kappa shape index (κ3) is 2.34. The van der Waals surface area contributed by atoms with Gasteiger partial charge in [-0.15, -0.1) is 0 Å². The lowest BCUT2D eigenvalue weighted by Crippen LogP contribution is -2.33. The van der Waals surface area contributed by atoms with E-state index in [1.54, 1.807) is 0 Å². The molecule has 78 valence electrons. The van der Waals surface area contributed by atoms with Crippen molar-refractivity contribution in [3.05, 3.63) is 21.2 Å². The highest BCUT2D eigenvalue weighted by Gasteiger charge is 2.18. The highest BCUT2D eigenvalue weighted by Crippen LogP contribution is 2.30. The second kappa shape index (κ2) is 3.64. The van der Waals surface area contributed by atoms with E-state index < -0.39 is 0 Å². The molecule has 0 saturated carbocycles. The Morgan fingerprint density at radius 3 is 3.00 bits per heavy atom. The van der Waals surface area contributed by atoms with Crippen LogP contribution in [0.15, 0.2) is 24.3 Å². The SMILES string of the molecule is CC(C)(C)NC1=CC2=C(N=I1)NCC2. The molecular weight excluding hydrogens is 289 g/mol. The fourth-order valence-corrected chi connectivity index (χ4v) is 3.88. The van der Waals surface area contributed by atoms with E-state index in [2.05, 4.69) is 40.6 Å². The Hall–Kier alpha value is -0.390. The van der Waals surface area contributed by atoms with Crippen molar-refractivity contribution >= 4 is 21.0 Å². The van der Waals surface area contributed by atoms with Crippen molar-refractivity contribution in [1.82, 2.24) is 10.6 Å². The van der Waals surface area contributed by atoms with E-state index >= 15 is 0 Å². The molecule has 0 spiro atoms. The molecule has 0 unspecified atom stereocenters. The second-order valence-electron chi connectivity index (χ2n) is 4.59. The van der Waals surface area contributed by atoms with Crippen LogP contribution in [0.3, 0.4) is 0 Å². The van der Waals surface area contributed by atoms with Gasteiger partial charge >= 0.3 is 0 Å². The molecule has 0 radical (unpaired) electrons. The maximum Gasteiger partial charge on any atom is 0.135 e. The summed E-state index contributed by atoms with van der Waals surface area (Å²) in [6.45, 7) is 7.62. The molecule has 0 aliphatic carbocycles. The van der Waals surface area contributed by atoms with Crippen LogP contribution in [0.1, 0.15) is 27.2 Å². The zero-order chi connectivity index (χ0) is 10.2. The predicted octanol–water partition coefficient (Wildman–Crippen LogP) is 2.59. The highest BCUT2D eigenvalue weighted by atomic mass is 127. The van der Waals surface area contributed by atoms with Crippen LogP contribution in [0.2, 0.25) is 0 Å². The topological polar surface area (TPSA) is 36.4 Å². The molecule has 2 aliphatic rings. The van der Waals surface area contributed by atoms with E-state index in [1.807, 2.05) is 0 Å². The summed E-state index contributed by atoms with van der Waals surface area (Å²) in [6.07, 6.45) is 3.42. The van der Waals surface area contributed by atoms with E-state index in [-0.39, 0.29) is 26.6 Å². The van der Waals surface area contributed by atoms with Crippen LogP contribution >= 0.6 is 21.0 Å². The first-order valence-corrected chi connectivity index (χ1v) is 6.91. The standard InChI is InChI=1S/C10H16IN3/c1-10(2,3)13-8-6-7-4-5-12-9(7)14-11-8/h6,13H,4-5H2,1-3H3,(H,12,14). The summed E-state index contributed by atoms with van der Waals surface area (Å²) in [7, 11) is 0. The summed E-state index contributed by atoms with van der Waals surface area (Å²) in [5.41, 5.74) is 1.54. The molecule has 0 fully saturated rings. The van der Waals surface area contributed by atoms with Crippen molar-refractivity contribution in [2.75, 3.05) is 6.54 Å². The van der Waals surface area contributed by atoms with E-state index in [1.165, 1.54) is 9.28 Å². The Labute approximate surface area is 95.2 Å². The van der Waals surface area contributed by atoms with Crippen LogP contribution in [-0.2, 0) is 0 Å². The molecule has 0 aromatic heterocycles. The van der Waals surface area contributed by atoms with Gasteiger partial charge in [0.1, 0.15) is 5.82 Å². The van der Waals surface area contributed by atoms with Gasteiger partial charge in [-0.05, 0) is 38.8 Å². The Kier molecular flexibility index (Phi) is 2.64. The average Bonchev–Trinajstić information content (AvgIpc) is 2.47. The molecule has 2 rings (SSSR count). The number of nitrogens with one attached hydrogen (secondary N) is 2. The van der Waals surface area contributed by atoms with Gasteiger partial charge in [-0.25, -0.2) is 3.15 Å². The minimum absolute atomic E-state index is 0.158. The molecule has 14 heavy (non-hydrogen) atoms. The summed E-state index contributed by atoms with van der Waals surface area (Å²) in [4.78, 5) is 0. The predicted molar refractivity (Wildman–Crippen MR) is 67.1 cm³/mol. The summed E-state index contributed by atoms with van der Waals surface area (Å²) in [6, 6.07) is 0. The molecule has 0 saturated heterocycles. The van der Waals surface area contributed by atoms with E-state index in [0.717, 1.165) is 18.8 Å². The molecule has 4 heteroatoms. The number of halogens is 1. The molecule has 0 aromatic rings. The summed E-state index contributed by atoms with van der Waals surface area (Å²) >= 11 is -0.196. The lowest BCUT2D eigenvalue weighted by Gasteiger charge is -2.23. The van der Waals surface area contributed by atoms with Crippen LogP contribution in [0.4, 0.5) is 0 Å². The van der Waals surface area contributed by atoms with Gasteiger partial charge in [0.2, 0.25) is 0 Å². The third-order valence-corrected chi connectivity index (χ3v) is 3.83. The second-order valence-corrected chi connectivity index (χ2v) is 6.71. The van der Waals surface area contributed by atoms with Gasteiger partial charge in [-0.2, -0.15) is 0 Å². The molecule has 0 bridgehead atoms. The minimum Gasteiger partial charge on any atom is -0.375 e. The van der Waals surface area contributed by atoms with Gasteiger partial charge in [-0.3, -0.25) is 0 Å². The molecule has 3 nitrogen and oxygen atoms in total. The molecule has 2 heterocycles. The number of hydrogen-bond acceptors (Lipinski definition) is 3. The smallest absolute Gasteiger partial charge is 0.135 e. The Morgan fingerprint density at radius 1 is 1.50 bits per heavy atom. The Morgan fingerprint density at radius 2 is 2.29 bits per heavy atom. The molecule has 0 atom stereocenters. The normalized spacial score (nSPS) is 20.9. The molecule has 0 amide bonds. The molecule has 0 aromatic carbocycles. The summed E-state index contributed by atoms with van der Waals surface area (Å²) in [5.74, 6) is 1.15. The zero-order valence-electron chi connectivity index (χ0n) is 8.82. The van der Waals surface area contributed by atoms with Crippen molar-refractivity contribution in [1.29, 1.82) is 0 Å². The molecule has 2 aliphatic heterocycles.